The van der Waals surface area contributed by atoms with E-state index in [0.717, 1.165) is 16.8 Å². The van der Waals surface area contributed by atoms with Crippen LogP contribution in [-0.4, -0.2) is 45.7 Å². The number of alkyl halides is 1. The number of aliphatic hydroxyl groups excluding tert-OH is 1. The summed E-state index contributed by atoms with van der Waals surface area (Å²) in [5.74, 6) is 0.247. The SMILES string of the molecule is [N-]=[N+]=NC[C@]1(CO[P+](=O)Oc2ccccc2)O[C@@H](n2ccc(=O)[nH]c2=O)[C@H](F)[C@@H]1O. The number of ether oxygens (including phenoxy) is 1. The van der Waals surface area contributed by atoms with E-state index in [2.05, 4.69) is 10.0 Å². The van der Waals surface area contributed by atoms with Gasteiger partial charge in [-0.2, -0.15) is 0 Å². The Balaban J connectivity index is 1.81. The smallest absolute Gasteiger partial charge is 0.387 e. The number of benzene rings is 1. The van der Waals surface area contributed by atoms with Gasteiger partial charge >= 0.3 is 13.9 Å². The van der Waals surface area contributed by atoms with E-state index >= 15 is 0 Å². The maximum absolute atomic E-state index is 14.8. The predicted octanol–water partition coefficient (Wildman–Crippen LogP) is 1.57. The first-order valence-corrected chi connectivity index (χ1v) is 9.61. The molecule has 14 heteroatoms. The summed E-state index contributed by atoms with van der Waals surface area (Å²) < 4.78 is 43.3. The Kier molecular flexibility index (Phi) is 6.60. The van der Waals surface area contributed by atoms with E-state index < -0.39 is 56.8 Å². The lowest BCUT2D eigenvalue weighted by atomic mass is 9.97. The summed E-state index contributed by atoms with van der Waals surface area (Å²) in [7, 11) is -2.75. The quantitative estimate of drug-likeness (QED) is 0.272. The van der Waals surface area contributed by atoms with Crippen LogP contribution in [0.1, 0.15) is 6.23 Å². The summed E-state index contributed by atoms with van der Waals surface area (Å²) in [4.78, 5) is 27.7. The highest BCUT2D eigenvalue weighted by Crippen LogP contribution is 2.41. The minimum Gasteiger partial charge on any atom is -0.387 e. The highest BCUT2D eigenvalue weighted by atomic mass is 31.1. The molecule has 2 aromatic rings. The topological polar surface area (TPSA) is 169 Å². The van der Waals surface area contributed by atoms with E-state index in [1.165, 1.54) is 12.1 Å². The van der Waals surface area contributed by atoms with Crippen molar-refractivity contribution in [2.24, 2.45) is 5.11 Å². The van der Waals surface area contributed by atoms with Crippen LogP contribution in [0.5, 0.6) is 5.75 Å². The Morgan fingerprint density at radius 2 is 2.10 bits per heavy atom. The first kappa shape index (κ1) is 21.6. The van der Waals surface area contributed by atoms with Crippen LogP contribution in [0.25, 0.3) is 10.4 Å². The number of halogens is 1. The number of para-hydroxylation sites is 1. The first-order chi connectivity index (χ1) is 14.4. The second-order valence-corrected chi connectivity index (χ2v) is 7.16. The number of aliphatic hydroxyl groups is 1. The van der Waals surface area contributed by atoms with Crippen molar-refractivity contribution in [3.05, 3.63) is 73.9 Å². The van der Waals surface area contributed by atoms with Crippen LogP contribution < -0.4 is 15.8 Å². The van der Waals surface area contributed by atoms with Crippen LogP contribution in [0, 0.1) is 0 Å². The average molecular weight is 440 g/mol. The van der Waals surface area contributed by atoms with E-state index in [4.69, 9.17) is 19.3 Å². The Morgan fingerprint density at radius 3 is 2.77 bits per heavy atom. The van der Waals surface area contributed by atoms with Gasteiger partial charge in [0.25, 0.3) is 5.56 Å². The van der Waals surface area contributed by atoms with Gasteiger partial charge in [0.1, 0.15) is 18.3 Å². The Labute approximate surface area is 168 Å². The number of hydrogen-bond donors (Lipinski definition) is 2. The third-order valence-electron chi connectivity index (χ3n) is 4.33. The van der Waals surface area contributed by atoms with E-state index in [-0.39, 0.29) is 5.75 Å². The second-order valence-electron chi connectivity index (χ2n) is 6.27. The highest BCUT2D eigenvalue weighted by Gasteiger charge is 2.57. The van der Waals surface area contributed by atoms with Gasteiger partial charge in [0.05, 0.1) is 6.54 Å². The maximum atomic E-state index is 14.8. The molecule has 1 saturated heterocycles. The van der Waals surface area contributed by atoms with Crippen LogP contribution in [0.2, 0.25) is 0 Å². The molecule has 2 heterocycles. The molecule has 2 N–H and O–H groups in total. The van der Waals surface area contributed by atoms with E-state index in [1.807, 2.05) is 4.98 Å². The van der Waals surface area contributed by atoms with Gasteiger partial charge in [0.2, 0.25) is 0 Å². The monoisotopic (exact) mass is 440 g/mol. The van der Waals surface area contributed by atoms with Crippen molar-refractivity contribution in [3.8, 4) is 5.75 Å². The Bertz CT molecular complexity index is 1070. The molecule has 0 spiro atoms. The molecule has 0 aliphatic carbocycles. The van der Waals surface area contributed by atoms with Gasteiger partial charge in [-0.15, -0.1) is 4.52 Å². The molecule has 30 heavy (non-hydrogen) atoms. The standard InChI is InChI=1S/C16H15FN5O7P/c17-12-13(24)16(8-19-21-18,9-27-30(26)29-10-4-2-1-3-5-10)28-14(12)22-7-6-11(23)20-15(22)25/h1-7,12-14,24H,8-9H2/p+1/t12-,13+,14-,16-/m1/s1. The maximum Gasteiger partial charge on any atom is 0.750 e. The minimum atomic E-state index is -2.75. The molecule has 3 rings (SSSR count). The van der Waals surface area contributed by atoms with E-state index in [0.29, 0.717) is 0 Å². The number of rotatable bonds is 8. The molecule has 5 atom stereocenters. The number of hydrogen-bond acceptors (Lipinski definition) is 8. The van der Waals surface area contributed by atoms with Gasteiger partial charge in [0.15, 0.2) is 18.1 Å². The third-order valence-corrected chi connectivity index (χ3v) is 5.03. The zero-order valence-corrected chi connectivity index (χ0v) is 16.1. The van der Waals surface area contributed by atoms with E-state index in [1.54, 1.807) is 18.2 Å². The van der Waals surface area contributed by atoms with Gasteiger partial charge in [0, 0.05) is 21.7 Å². The van der Waals surface area contributed by atoms with Crippen LogP contribution in [-0.2, 0) is 13.8 Å². The van der Waals surface area contributed by atoms with Crippen molar-refractivity contribution in [2.75, 3.05) is 13.2 Å². The lowest BCUT2D eigenvalue weighted by Crippen LogP contribution is -2.48. The first-order valence-electron chi connectivity index (χ1n) is 8.52. The van der Waals surface area contributed by atoms with E-state index in [9.17, 15) is 23.7 Å². The zero-order chi connectivity index (χ0) is 21.7. The number of H-pyrrole nitrogens is 1. The van der Waals surface area contributed by atoms with Crippen LogP contribution in [0.3, 0.4) is 0 Å². The van der Waals surface area contributed by atoms with Crippen molar-refractivity contribution in [3.63, 3.8) is 0 Å². The number of nitrogens with zero attached hydrogens (tertiary/aromatic N) is 4. The zero-order valence-electron chi connectivity index (χ0n) is 15.2. The third kappa shape index (κ3) is 4.56. The molecule has 1 aliphatic heterocycles. The normalized spacial score (nSPS) is 26.1. The summed E-state index contributed by atoms with van der Waals surface area (Å²) in [5.41, 5.74) is 5.00. The van der Waals surface area contributed by atoms with Gasteiger partial charge in [-0.25, -0.2) is 13.7 Å². The van der Waals surface area contributed by atoms with Crippen molar-refractivity contribution in [1.29, 1.82) is 0 Å². The molecule has 1 unspecified atom stereocenters. The Hall–Kier alpha value is -3.08. The van der Waals surface area contributed by atoms with Gasteiger partial charge in [-0.3, -0.25) is 14.3 Å². The van der Waals surface area contributed by atoms with Crippen molar-refractivity contribution >= 4 is 8.25 Å². The fourth-order valence-electron chi connectivity index (χ4n) is 2.86. The number of azide groups is 1. The molecule has 1 fully saturated rings. The summed E-state index contributed by atoms with van der Waals surface area (Å²) >= 11 is 0. The van der Waals surface area contributed by atoms with Gasteiger partial charge < -0.3 is 9.84 Å². The highest BCUT2D eigenvalue weighted by molar-refractivity contribution is 7.33. The fourth-order valence-corrected chi connectivity index (χ4v) is 3.53. The number of aromatic nitrogens is 2. The molecular formula is C16H16FN5O7P+. The number of nitrogens with one attached hydrogen (secondary N) is 1. The molecule has 1 aliphatic rings. The lowest BCUT2D eigenvalue weighted by Gasteiger charge is -2.27. The summed E-state index contributed by atoms with van der Waals surface area (Å²) in [6, 6.07) is 9.04. The molecule has 0 saturated carbocycles. The van der Waals surface area contributed by atoms with Gasteiger partial charge in [-0.1, -0.05) is 23.3 Å². The molecule has 12 nitrogen and oxygen atoms in total. The predicted molar refractivity (Wildman–Crippen MR) is 99.7 cm³/mol. The largest absolute Gasteiger partial charge is 0.750 e. The summed E-state index contributed by atoms with van der Waals surface area (Å²) in [6.45, 7) is -1.27. The molecule has 0 radical (unpaired) electrons. The van der Waals surface area contributed by atoms with Crippen molar-refractivity contribution < 1.29 is 27.8 Å². The molecular weight excluding hydrogens is 424 g/mol. The van der Waals surface area contributed by atoms with Crippen LogP contribution in [0.4, 0.5) is 4.39 Å². The minimum absolute atomic E-state index is 0.247. The second kappa shape index (κ2) is 9.16. The molecule has 0 amide bonds. The van der Waals surface area contributed by atoms with Crippen molar-refractivity contribution in [2.45, 2.75) is 24.1 Å². The number of aromatic amines is 1. The Morgan fingerprint density at radius 1 is 1.37 bits per heavy atom. The van der Waals surface area contributed by atoms with Crippen LogP contribution in [0.15, 0.2) is 57.3 Å². The summed E-state index contributed by atoms with van der Waals surface area (Å²) in [5, 5.41) is 13.7. The summed E-state index contributed by atoms with van der Waals surface area (Å²) in [6.07, 6.45) is -4.73. The molecule has 0 bridgehead atoms. The average Bonchev–Trinajstić information content (AvgIpc) is 2.97. The van der Waals surface area contributed by atoms with Crippen molar-refractivity contribution in [1.82, 2.24) is 9.55 Å². The fraction of sp³-hybridized carbons (Fsp3) is 0.375. The molecule has 1 aromatic carbocycles. The molecule has 158 valence electrons. The van der Waals surface area contributed by atoms with Gasteiger partial charge in [-0.05, 0) is 17.7 Å². The lowest BCUT2D eigenvalue weighted by molar-refractivity contribution is -0.117. The molecule has 1 aromatic heterocycles. The van der Waals surface area contributed by atoms with Crippen LogP contribution >= 0.6 is 8.25 Å².